The van der Waals surface area contributed by atoms with Crippen molar-refractivity contribution >= 4 is 16.9 Å². The van der Waals surface area contributed by atoms with Crippen LogP contribution in [0.4, 0.5) is 0 Å². The molecular formula is C24H28N2O4. The van der Waals surface area contributed by atoms with E-state index < -0.39 is 0 Å². The lowest BCUT2D eigenvalue weighted by atomic mass is 10.0. The van der Waals surface area contributed by atoms with Crippen molar-refractivity contribution in [1.82, 2.24) is 9.88 Å². The number of para-hydroxylation sites is 1. The number of fused-ring (bicyclic) bond motifs is 1. The molecule has 3 aromatic rings. The predicted molar refractivity (Wildman–Crippen MR) is 117 cm³/mol. The number of nitrogens with zero attached hydrogens (tertiary/aromatic N) is 2. The first kappa shape index (κ1) is 21.6. The summed E-state index contributed by atoms with van der Waals surface area (Å²) in [6.45, 7) is 5.64. The minimum absolute atomic E-state index is 0.364. The summed E-state index contributed by atoms with van der Waals surface area (Å²) < 4.78 is 16.1. The van der Waals surface area contributed by atoms with Gasteiger partial charge in [0.05, 0.1) is 37.6 Å². The van der Waals surface area contributed by atoms with Crippen LogP contribution >= 0.6 is 0 Å². The van der Waals surface area contributed by atoms with Crippen LogP contribution in [0, 0.1) is 6.92 Å². The number of rotatable bonds is 8. The van der Waals surface area contributed by atoms with E-state index in [9.17, 15) is 4.79 Å². The van der Waals surface area contributed by atoms with E-state index >= 15 is 0 Å². The van der Waals surface area contributed by atoms with Crippen LogP contribution in [0.15, 0.2) is 42.5 Å². The third-order valence-electron chi connectivity index (χ3n) is 5.02. The van der Waals surface area contributed by atoms with Gasteiger partial charge in [0.15, 0.2) is 11.5 Å². The van der Waals surface area contributed by atoms with Gasteiger partial charge < -0.3 is 14.2 Å². The predicted octanol–water partition coefficient (Wildman–Crippen LogP) is 4.37. The third-order valence-corrected chi connectivity index (χ3v) is 5.02. The molecule has 0 aliphatic rings. The van der Waals surface area contributed by atoms with Gasteiger partial charge in [-0.2, -0.15) is 0 Å². The fraction of sp³-hybridized carbons (Fsp3) is 0.333. The highest BCUT2D eigenvalue weighted by Gasteiger charge is 2.20. The van der Waals surface area contributed by atoms with Crippen molar-refractivity contribution in [1.29, 1.82) is 0 Å². The molecule has 0 radical (unpaired) electrons. The van der Waals surface area contributed by atoms with Gasteiger partial charge >= 0.3 is 5.97 Å². The van der Waals surface area contributed by atoms with Crippen molar-refractivity contribution in [2.24, 2.45) is 0 Å². The summed E-state index contributed by atoms with van der Waals surface area (Å²) in [6.07, 6.45) is 0. The number of aryl methyl sites for hydroxylation is 1. The molecule has 0 unspecified atom stereocenters. The Morgan fingerprint density at radius 3 is 2.53 bits per heavy atom. The van der Waals surface area contributed by atoms with E-state index in [1.54, 1.807) is 7.11 Å². The maximum atomic E-state index is 12.5. The quantitative estimate of drug-likeness (QED) is 0.516. The van der Waals surface area contributed by atoms with Crippen molar-refractivity contribution in [3.05, 3.63) is 64.8 Å². The van der Waals surface area contributed by atoms with Gasteiger partial charge in [0.2, 0.25) is 0 Å². The Bertz CT molecular complexity index is 1050. The molecule has 0 saturated heterocycles. The first-order valence-corrected chi connectivity index (χ1v) is 9.93. The highest BCUT2D eigenvalue weighted by molar-refractivity contribution is 5.98. The number of hydrogen-bond acceptors (Lipinski definition) is 6. The zero-order chi connectivity index (χ0) is 21.7. The number of pyridine rings is 1. The van der Waals surface area contributed by atoms with E-state index in [0.29, 0.717) is 36.7 Å². The van der Waals surface area contributed by atoms with Crippen LogP contribution in [0.1, 0.15) is 34.1 Å². The summed E-state index contributed by atoms with van der Waals surface area (Å²) in [5, 5.41) is 0.959. The normalized spacial score (nSPS) is 11.0. The number of ether oxygens (including phenoxy) is 3. The monoisotopic (exact) mass is 408 g/mol. The van der Waals surface area contributed by atoms with Gasteiger partial charge in [-0.1, -0.05) is 24.3 Å². The Hall–Kier alpha value is -3.12. The Morgan fingerprint density at radius 1 is 1.07 bits per heavy atom. The second-order valence-corrected chi connectivity index (χ2v) is 7.16. The second kappa shape index (κ2) is 9.59. The van der Waals surface area contributed by atoms with Crippen LogP contribution in [0.5, 0.6) is 11.5 Å². The Labute approximate surface area is 177 Å². The molecule has 0 aliphatic carbocycles. The fourth-order valence-corrected chi connectivity index (χ4v) is 3.64. The average Bonchev–Trinajstić information content (AvgIpc) is 2.74. The molecule has 3 rings (SSSR count). The summed E-state index contributed by atoms with van der Waals surface area (Å²) in [5.74, 6) is 1.07. The smallest absolute Gasteiger partial charge is 0.340 e. The summed E-state index contributed by atoms with van der Waals surface area (Å²) in [5.41, 5.74) is 4.08. The lowest BCUT2D eigenvalue weighted by Crippen LogP contribution is -2.21. The Balaban J connectivity index is 1.89. The van der Waals surface area contributed by atoms with Gasteiger partial charge in [-0.15, -0.1) is 0 Å². The molecule has 6 heteroatoms. The molecule has 0 N–H and O–H groups in total. The van der Waals surface area contributed by atoms with Crippen molar-refractivity contribution in [3.8, 4) is 11.5 Å². The van der Waals surface area contributed by atoms with Gasteiger partial charge in [0.1, 0.15) is 0 Å². The molecule has 0 atom stereocenters. The minimum atomic E-state index is -0.364. The highest BCUT2D eigenvalue weighted by atomic mass is 16.5. The molecule has 1 aromatic heterocycles. The van der Waals surface area contributed by atoms with Crippen LogP contribution in [0.25, 0.3) is 10.9 Å². The zero-order valence-electron chi connectivity index (χ0n) is 18.2. The van der Waals surface area contributed by atoms with Gasteiger partial charge in [-0.3, -0.25) is 9.88 Å². The molecular weight excluding hydrogens is 380 g/mol. The van der Waals surface area contributed by atoms with Gasteiger partial charge in [0.25, 0.3) is 0 Å². The van der Waals surface area contributed by atoms with Gasteiger partial charge in [0, 0.05) is 18.5 Å². The molecule has 0 bridgehead atoms. The largest absolute Gasteiger partial charge is 0.493 e. The minimum Gasteiger partial charge on any atom is -0.493 e. The average molecular weight is 408 g/mol. The topological polar surface area (TPSA) is 60.9 Å². The number of hydrogen-bond donors (Lipinski definition) is 0. The molecule has 1 heterocycles. The molecule has 0 spiro atoms. The van der Waals surface area contributed by atoms with E-state index in [4.69, 9.17) is 19.2 Å². The van der Waals surface area contributed by atoms with Gasteiger partial charge in [-0.05, 0) is 50.2 Å². The molecule has 0 fully saturated rings. The fourth-order valence-electron chi connectivity index (χ4n) is 3.64. The molecule has 6 nitrogen and oxygen atoms in total. The van der Waals surface area contributed by atoms with E-state index in [-0.39, 0.29) is 5.97 Å². The second-order valence-electron chi connectivity index (χ2n) is 7.16. The van der Waals surface area contributed by atoms with Crippen LogP contribution in [-0.2, 0) is 17.8 Å². The van der Waals surface area contributed by atoms with Crippen molar-refractivity contribution in [3.63, 3.8) is 0 Å². The maximum absolute atomic E-state index is 12.5. The number of aromatic nitrogens is 1. The highest BCUT2D eigenvalue weighted by Crippen LogP contribution is 2.29. The standard InChI is InChI=1S/C24H28N2O4/c1-6-30-21-12-11-17(13-22(21)28-4)14-26(3)15-20-23(24(27)29-5)16(2)18-9-7-8-10-19(18)25-20/h7-13H,6,14-15H2,1-5H3. The zero-order valence-corrected chi connectivity index (χ0v) is 18.2. The number of carbonyl (C=O) groups excluding carboxylic acids is 1. The van der Waals surface area contributed by atoms with E-state index in [0.717, 1.165) is 27.8 Å². The van der Waals surface area contributed by atoms with Crippen LogP contribution in [0.2, 0.25) is 0 Å². The number of esters is 1. The number of carbonyl (C=O) groups is 1. The Morgan fingerprint density at radius 2 is 1.83 bits per heavy atom. The van der Waals surface area contributed by atoms with Crippen LogP contribution in [-0.4, -0.2) is 43.7 Å². The summed E-state index contributed by atoms with van der Waals surface area (Å²) in [4.78, 5) is 19.4. The van der Waals surface area contributed by atoms with E-state index in [2.05, 4.69) is 4.90 Å². The molecule has 30 heavy (non-hydrogen) atoms. The van der Waals surface area contributed by atoms with Crippen molar-refractivity contribution < 1.29 is 19.0 Å². The number of methoxy groups -OCH3 is 2. The lowest BCUT2D eigenvalue weighted by molar-refractivity contribution is 0.0597. The molecule has 0 saturated carbocycles. The van der Waals surface area contributed by atoms with E-state index in [1.165, 1.54) is 7.11 Å². The first-order chi connectivity index (χ1) is 14.5. The Kier molecular flexibility index (Phi) is 6.90. The summed E-state index contributed by atoms with van der Waals surface area (Å²) >= 11 is 0. The maximum Gasteiger partial charge on any atom is 0.340 e. The SMILES string of the molecule is CCOc1ccc(CN(C)Cc2nc3ccccc3c(C)c2C(=O)OC)cc1OC. The lowest BCUT2D eigenvalue weighted by Gasteiger charge is -2.20. The molecule has 158 valence electrons. The van der Waals surface area contributed by atoms with Crippen LogP contribution < -0.4 is 9.47 Å². The summed E-state index contributed by atoms with van der Waals surface area (Å²) in [7, 11) is 5.03. The first-order valence-electron chi connectivity index (χ1n) is 9.93. The summed E-state index contributed by atoms with van der Waals surface area (Å²) in [6, 6.07) is 13.7. The van der Waals surface area contributed by atoms with Gasteiger partial charge in [-0.25, -0.2) is 4.79 Å². The number of benzene rings is 2. The van der Waals surface area contributed by atoms with Crippen molar-refractivity contribution in [2.45, 2.75) is 26.9 Å². The molecule has 2 aromatic carbocycles. The van der Waals surface area contributed by atoms with Crippen LogP contribution in [0.3, 0.4) is 0 Å². The molecule has 0 amide bonds. The van der Waals surface area contributed by atoms with E-state index in [1.807, 2.05) is 63.4 Å². The molecule has 0 aliphatic heterocycles. The van der Waals surface area contributed by atoms with Crippen molar-refractivity contribution in [2.75, 3.05) is 27.9 Å². The third kappa shape index (κ3) is 4.54.